The monoisotopic (exact) mass is 369 g/mol. The summed E-state index contributed by atoms with van der Waals surface area (Å²) in [5, 5.41) is 0.860. The van der Waals surface area contributed by atoms with Gasteiger partial charge in [-0.15, -0.1) is 0 Å². The van der Waals surface area contributed by atoms with Gasteiger partial charge in [0.25, 0.3) is 10.0 Å². The van der Waals surface area contributed by atoms with Crippen LogP contribution in [-0.4, -0.2) is 18.2 Å². The second kappa shape index (κ2) is 7.46. The Kier molecular flexibility index (Phi) is 5.28. The van der Waals surface area contributed by atoms with Crippen LogP contribution >= 0.6 is 0 Å². The SMILES string of the molecule is CCCCCC(=O)c1cc(S(=O)(=O)n2ccc3ccccc32)ccc1C. The van der Waals surface area contributed by atoms with Gasteiger partial charge in [-0.1, -0.05) is 44.0 Å². The molecule has 0 N–H and O–H groups in total. The number of para-hydroxylation sites is 1. The molecule has 26 heavy (non-hydrogen) atoms. The van der Waals surface area contributed by atoms with Gasteiger partial charge in [0.15, 0.2) is 5.78 Å². The third-order valence-electron chi connectivity index (χ3n) is 4.64. The average Bonchev–Trinajstić information content (AvgIpc) is 3.07. The van der Waals surface area contributed by atoms with E-state index in [0.717, 1.165) is 30.2 Å². The van der Waals surface area contributed by atoms with E-state index in [-0.39, 0.29) is 10.7 Å². The van der Waals surface area contributed by atoms with Crippen LogP contribution in [0.4, 0.5) is 0 Å². The molecule has 1 heterocycles. The number of aromatic nitrogens is 1. The van der Waals surface area contributed by atoms with Crippen LogP contribution in [0.5, 0.6) is 0 Å². The molecule has 0 fully saturated rings. The molecule has 1 aromatic heterocycles. The standard InChI is InChI=1S/C21H23NO3S/c1-3-4-5-10-21(23)19-15-18(12-11-16(19)2)26(24,25)22-14-13-17-8-6-7-9-20(17)22/h6-9,11-15H,3-5,10H2,1-2H3. The molecular weight excluding hydrogens is 346 g/mol. The predicted molar refractivity (Wildman–Crippen MR) is 104 cm³/mol. The fourth-order valence-electron chi connectivity index (χ4n) is 3.11. The van der Waals surface area contributed by atoms with E-state index in [1.165, 1.54) is 10.0 Å². The fourth-order valence-corrected chi connectivity index (χ4v) is 4.49. The van der Waals surface area contributed by atoms with Crippen LogP contribution in [0.2, 0.25) is 0 Å². The quantitative estimate of drug-likeness (QED) is 0.437. The molecule has 0 aliphatic carbocycles. The van der Waals surface area contributed by atoms with E-state index in [1.807, 2.05) is 25.1 Å². The lowest BCUT2D eigenvalue weighted by Gasteiger charge is -2.11. The van der Waals surface area contributed by atoms with Crippen molar-refractivity contribution in [2.75, 3.05) is 0 Å². The summed E-state index contributed by atoms with van der Waals surface area (Å²) in [6.07, 6.45) is 4.88. The Morgan fingerprint density at radius 1 is 1.04 bits per heavy atom. The van der Waals surface area contributed by atoms with Gasteiger partial charge in [-0.2, -0.15) is 0 Å². The number of ketones is 1. The fraction of sp³-hybridized carbons (Fsp3) is 0.286. The predicted octanol–water partition coefficient (Wildman–Crippen LogP) is 4.95. The zero-order chi connectivity index (χ0) is 18.7. The Morgan fingerprint density at radius 2 is 1.81 bits per heavy atom. The Bertz CT molecular complexity index is 1050. The van der Waals surface area contributed by atoms with E-state index in [9.17, 15) is 13.2 Å². The second-order valence-electron chi connectivity index (χ2n) is 6.53. The van der Waals surface area contributed by atoms with E-state index in [4.69, 9.17) is 0 Å². The number of carbonyl (C=O) groups is 1. The van der Waals surface area contributed by atoms with Crippen LogP contribution in [0.3, 0.4) is 0 Å². The number of fused-ring (bicyclic) bond motifs is 1. The summed E-state index contributed by atoms with van der Waals surface area (Å²) in [5.74, 6) is 0.00497. The summed E-state index contributed by atoms with van der Waals surface area (Å²) < 4.78 is 27.5. The van der Waals surface area contributed by atoms with Crippen LogP contribution in [0.25, 0.3) is 10.9 Å². The lowest BCUT2D eigenvalue weighted by molar-refractivity contribution is 0.0978. The van der Waals surface area contributed by atoms with E-state index in [2.05, 4.69) is 6.92 Å². The van der Waals surface area contributed by atoms with Gasteiger partial charge in [0, 0.05) is 23.6 Å². The normalized spacial score (nSPS) is 11.8. The molecule has 0 amide bonds. The Morgan fingerprint density at radius 3 is 2.58 bits per heavy atom. The van der Waals surface area contributed by atoms with E-state index in [0.29, 0.717) is 17.5 Å². The maximum Gasteiger partial charge on any atom is 0.268 e. The molecule has 3 aromatic rings. The van der Waals surface area contributed by atoms with Crippen molar-refractivity contribution in [2.45, 2.75) is 44.4 Å². The van der Waals surface area contributed by atoms with Gasteiger partial charge in [-0.25, -0.2) is 12.4 Å². The molecule has 4 nitrogen and oxygen atoms in total. The molecule has 0 atom stereocenters. The molecule has 0 unspecified atom stereocenters. The number of carbonyl (C=O) groups excluding carboxylic acids is 1. The van der Waals surface area contributed by atoms with Crippen molar-refractivity contribution < 1.29 is 13.2 Å². The molecule has 2 aromatic carbocycles. The molecular formula is C21H23NO3S. The molecule has 136 valence electrons. The van der Waals surface area contributed by atoms with Gasteiger partial charge in [0.2, 0.25) is 0 Å². The van der Waals surface area contributed by atoms with Gasteiger partial charge < -0.3 is 0 Å². The Balaban J connectivity index is 2.01. The van der Waals surface area contributed by atoms with Gasteiger partial charge in [0.1, 0.15) is 0 Å². The van der Waals surface area contributed by atoms with Crippen molar-refractivity contribution in [3.8, 4) is 0 Å². The van der Waals surface area contributed by atoms with E-state index in [1.54, 1.807) is 30.5 Å². The summed E-state index contributed by atoms with van der Waals surface area (Å²) >= 11 is 0. The van der Waals surface area contributed by atoms with Crippen LogP contribution in [-0.2, 0) is 10.0 Å². The van der Waals surface area contributed by atoms with Crippen LogP contribution in [0.1, 0.15) is 48.5 Å². The molecule has 0 radical (unpaired) electrons. The van der Waals surface area contributed by atoms with Crippen molar-refractivity contribution >= 4 is 26.7 Å². The minimum atomic E-state index is -3.76. The molecule has 0 bridgehead atoms. The number of hydrogen-bond donors (Lipinski definition) is 0. The summed E-state index contributed by atoms with van der Waals surface area (Å²) in [4.78, 5) is 12.7. The van der Waals surface area contributed by atoms with Crippen LogP contribution in [0, 0.1) is 6.92 Å². The van der Waals surface area contributed by atoms with E-state index < -0.39 is 10.0 Å². The van der Waals surface area contributed by atoms with E-state index >= 15 is 0 Å². The molecule has 5 heteroatoms. The number of Topliss-reactive ketones (excluding diaryl/α,β-unsaturated/α-hetero) is 1. The van der Waals surface area contributed by atoms with Crippen LogP contribution in [0.15, 0.2) is 59.6 Å². The molecule has 0 aliphatic heterocycles. The lowest BCUT2D eigenvalue weighted by Crippen LogP contribution is -2.13. The summed E-state index contributed by atoms with van der Waals surface area (Å²) in [7, 11) is -3.76. The highest BCUT2D eigenvalue weighted by molar-refractivity contribution is 7.90. The first kappa shape index (κ1) is 18.4. The molecule has 3 rings (SSSR count). The Labute approximate surface area is 154 Å². The number of hydrogen-bond acceptors (Lipinski definition) is 3. The van der Waals surface area contributed by atoms with Gasteiger partial charge in [-0.3, -0.25) is 4.79 Å². The highest BCUT2D eigenvalue weighted by atomic mass is 32.2. The Hall–Kier alpha value is -2.40. The summed E-state index contributed by atoms with van der Waals surface area (Å²) in [6, 6.07) is 13.9. The molecule has 0 aliphatic rings. The van der Waals surface area contributed by atoms with Crippen molar-refractivity contribution in [1.82, 2.24) is 3.97 Å². The zero-order valence-electron chi connectivity index (χ0n) is 15.1. The first-order chi connectivity index (χ1) is 12.4. The first-order valence-electron chi connectivity index (χ1n) is 8.90. The highest BCUT2D eigenvalue weighted by Gasteiger charge is 2.21. The number of aryl methyl sites for hydroxylation is 1. The maximum absolute atomic E-state index is 13.1. The molecule has 0 saturated heterocycles. The zero-order valence-corrected chi connectivity index (χ0v) is 15.9. The number of rotatable bonds is 7. The van der Waals surface area contributed by atoms with Crippen molar-refractivity contribution in [3.05, 3.63) is 65.9 Å². The number of unbranched alkanes of at least 4 members (excludes halogenated alkanes) is 2. The highest BCUT2D eigenvalue weighted by Crippen LogP contribution is 2.24. The van der Waals surface area contributed by atoms with Crippen molar-refractivity contribution in [3.63, 3.8) is 0 Å². The smallest absolute Gasteiger partial charge is 0.268 e. The summed E-state index contributed by atoms with van der Waals surface area (Å²) in [6.45, 7) is 3.93. The largest absolute Gasteiger partial charge is 0.294 e. The third-order valence-corrected chi connectivity index (χ3v) is 6.32. The summed E-state index contributed by atoms with van der Waals surface area (Å²) in [5.41, 5.74) is 1.94. The number of nitrogens with zero attached hydrogens (tertiary/aromatic N) is 1. The minimum Gasteiger partial charge on any atom is -0.294 e. The van der Waals surface area contributed by atoms with Crippen LogP contribution < -0.4 is 0 Å². The maximum atomic E-state index is 13.1. The van der Waals surface area contributed by atoms with Gasteiger partial charge in [0.05, 0.1) is 10.4 Å². The lowest BCUT2D eigenvalue weighted by atomic mass is 10.0. The van der Waals surface area contributed by atoms with Gasteiger partial charge in [-0.05, 0) is 43.2 Å². The molecule has 0 spiro atoms. The number of benzene rings is 2. The topological polar surface area (TPSA) is 56.1 Å². The van der Waals surface area contributed by atoms with Crippen molar-refractivity contribution in [2.24, 2.45) is 0 Å². The van der Waals surface area contributed by atoms with Gasteiger partial charge >= 0.3 is 0 Å². The second-order valence-corrected chi connectivity index (χ2v) is 8.35. The first-order valence-corrected chi connectivity index (χ1v) is 10.3. The average molecular weight is 369 g/mol. The molecule has 0 saturated carbocycles. The van der Waals surface area contributed by atoms with Crippen molar-refractivity contribution in [1.29, 1.82) is 0 Å². The third kappa shape index (κ3) is 3.44. The minimum absolute atomic E-state index is 0.00497.